The summed E-state index contributed by atoms with van der Waals surface area (Å²) in [5.41, 5.74) is 4.06. The molecule has 23 heavy (non-hydrogen) atoms. The van der Waals surface area contributed by atoms with Crippen LogP contribution in [0.5, 0.6) is 5.75 Å². The van der Waals surface area contributed by atoms with Gasteiger partial charge < -0.3 is 4.74 Å². The van der Waals surface area contributed by atoms with Gasteiger partial charge in [0.25, 0.3) is 11.6 Å². The molecule has 0 bridgehead atoms. The zero-order valence-electron chi connectivity index (χ0n) is 12.6. The van der Waals surface area contributed by atoms with Crippen molar-refractivity contribution in [3.63, 3.8) is 0 Å². The van der Waals surface area contributed by atoms with Crippen molar-refractivity contribution in [2.75, 3.05) is 7.11 Å². The average Bonchev–Trinajstić information content (AvgIpc) is 2.59. The molecule has 0 aliphatic heterocycles. The molecule has 0 aliphatic carbocycles. The van der Waals surface area contributed by atoms with Gasteiger partial charge in [0.15, 0.2) is 0 Å². The second-order valence-electron chi connectivity index (χ2n) is 4.67. The monoisotopic (exact) mass is 313 g/mol. The van der Waals surface area contributed by atoms with Crippen molar-refractivity contribution in [1.29, 1.82) is 0 Å². The van der Waals surface area contributed by atoms with E-state index in [9.17, 15) is 14.9 Å². The molecule has 0 aromatic heterocycles. The van der Waals surface area contributed by atoms with Gasteiger partial charge in [-0.15, -0.1) is 0 Å². The van der Waals surface area contributed by atoms with E-state index in [4.69, 9.17) is 4.74 Å². The number of methoxy groups -OCH3 is 1. The number of non-ortho nitro benzene ring substituents is 1. The molecule has 0 radical (unpaired) electrons. The summed E-state index contributed by atoms with van der Waals surface area (Å²) in [5, 5.41) is 14.6. The lowest BCUT2D eigenvalue weighted by molar-refractivity contribution is -0.384. The molecule has 1 N–H and O–H groups in total. The predicted octanol–water partition coefficient (Wildman–Crippen LogP) is 2.76. The molecule has 2 rings (SSSR count). The standard InChI is InChI=1S/C16H15N3O4/c1-11(13-4-3-5-15(10-13)23-2)17-18-16(20)12-6-8-14(9-7-12)19(21)22/h3-10H,1-2H3,(H,18,20). The van der Waals surface area contributed by atoms with E-state index in [1.807, 2.05) is 18.2 Å². The van der Waals surface area contributed by atoms with E-state index >= 15 is 0 Å². The number of nitro groups is 1. The number of carbonyl (C=O) groups is 1. The Morgan fingerprint density at radius 2 is 1.87 bits per heavy atom. The average molecular weight is 313 g/mol. The number of ether oxygens (including phenoxy) is 1. The van der Waals surface area contributed by atoms with E-state index in [0.717, 1.165) is 5.56 Å². The molecule has 0 unspecified atom stereocenters. The van der Waals surface area contributed by atoms with E-state index in [-0.39, 0.29) is 11.3 Å². The highest BCUT2D eigenvalue weighted by Crippen LogP contribution is 2.14. The van der Waals surface area contributed by atoms with Crippen LogP contribution in [0.4, 0.5) is 5.69 Å². The van der Waals surface area contributed by atoms with Crippen LogP contribution in [0, 0.1) is 10.1 Å². The second-order valence-corrected chi connectivity index (χ2v) is 4.67. The van der Waals surface area contributed by atoms with E-state index in [1.54, 1.807) is 20.1 Å². The number of nitrogens with one attached hydrogen (secondary N) is 1. The summed E-state index contributed by atoms with van der Waals surface area (Å²) in [4.78, 5) is 22.0. The maximum absolute atomic E-state index is 12.0. The largest absolute Gasteiger partial charge is 0.497 e. The molecule has 0 spiro atoms. The first kappa shape index (κ1) is 16.2. The zero-order chi connectivity index (χ0) is 16.8. The van der Waals surface area contributed by atoms with Crippen molar-refractivity contribution in [3.05, 3.63) is 69.8 Å². The molecule has 1 amide bonds. The van der Waals surface area contributed by atoms with Crippen molar-refractivity contribution >= 4 is 17.3 Å². The summed E-state index contributed by atoms with van der Waals surface area (Å²) in [6.07, 6.45) is 0. The van der Waals surface area contributed by atoms with Crippen molar-refractivity contribution in [3.8, 4) is 5.75 Å². The number of hydrazone groups is 1. The first-order valence-electron chi connectivity index (χ1n) is 6.75. The molecule has 0 saturated heterocycles. The van der Waals surface area contributed by atoms with Gasteiger partial charge in [-0.1, -0.05) is 12.1 Å². The minimum Gasteiger partial charge on any atom is -0.497 e. The first-order valence-corrected chi connectivity index (χ1v) is 6.75. The van der Waals surface area contributed by atoms with Gasteiger partial charge in [0.2, 0.25) is 0 Å². The Bertz CT molecular complexity index is 754. The predicted molar refractivity (Wildman–Crippen MR) is 85.8 cm³/mol. The van der Waals surface area contributed by atoms with Crippen LogP contribution in [-0.2, 0) is 0 Å². The summed E-state index contributed by atoms with van der Waals surface area (Å²) in [6, 6.07) is 12.6. The quantitative estimate of drug-likeness (QED) is 0.521. The Labute approximate surface area is 132 Å². The molecular formula is C16H15N3O4. The third kappa shape index (κ3) is 4.13. The number of hydrogen-bond acceptors (Lipinski definition) is 5. The van der Waals surface area contributed by atoms with Crippen molar-refractivity contribution in [2.45, 2.75) is 6.92 Å². The molecule has 0 atom stereocenters. The van der Waals surface area contributed by atoms with Gasteiger partial charge in [-0.25, -0.2) is 5.43 Å². The van der Waals surface area contributed by atoms with E-state index in [1.165, 1.54) is 24.3 Å². The fraction of sp³-hybridized carbons (Fsp3) is 0.125. The highest BCUT2D eigenvalue weighted by Gasteiger charge is 2.09. The molecule has 7 nitrogen and oxygen atoms in total. The summed E-state index contributed by atoms with van der Waals surface area (Å²) >= 11 is 0. The Morgan fingerprint density at radius 1 is 1.17 bits per heavy atom. The Kier molecular flexibility index (Phi) is 5.03. The topological polar surface area (TPSA) is 93.8 Å². The third-order valence-electron chi connectivity index (χ3n) is 3.15. The maximum Gasteiger partial charge on any atom is 0.271 e. The fourth-order valence-corrected chi connectivity index (χ4v) is 1.85. The Balaban J connectivity index is 2.08. The Hall–Kier alpha value is -3.22. The third-order valence-corrected chi connectivity index (χ3v) is 3.15. The van der Waals surface area contributed by atoms with Gasteiger partial charge in [-0.05, 0) is 31.2 Å². The van der Waals surface area contributed by atoms with Crippen LogP contribution in [-0.4, -0.2) is 23.7 Å². The number of rotatable bonds is 5. The zero-order valence-corrected chi connectivity index (χ0v) is 12.6. The number of benzene rings is 2. The van der Waals surface area contributed by atoms with Crippen LogP contribution in [0.25, 0.3) is 0 Å². The lowest BCUT2D eigenvalue weighted by Gasteiger charge is -2.05. The van der Waals surface area contributed by atoms with Crippen molar-refractivity contribution in [2.24, 2.45) is 5.10 Å². The summed E-state index contributed by atoms with van der Waals surface area (Å²) < 4.78 is 5.13. The van der Waals surface area contributed by atoms with E-state index < -0.39 is 10.8 Å². The lowest BCUT2D eigenvalue weighted by atomic mass is 10.1. The van der Waals surface area contributed by atoms with Crippen LogP contribution >= 0.6 is 0 Å². The van der Waals surface area contributed by atoms with Gasteiger partial charge in [-0.3, -0.25) is 14.9 Å². The number of carbonyl (C=O) groups excluding carboxylic acids is 1. The molecule has 118 valence electrons. The summed E-state index contributed by atoms with van der Waals surface area (Å²) in [5.74, 6) is 0.251. The van der Waals surface area contributed by atoms with Crippen LogP contribution in [0.15, 0.2) is 53.6 Å². The molecule has 0 heterocycles. The van der Waals surface area contributed by atoms with Crippen molar-refractivity contribution < 1.29 is 14.5 Å². The normalized spacial score (nSPS) is 11.0. The smallest absolute Gasteiger partial charge is 0.271 e. The minimum atomic E-state index is -0.521. The van der Waals surface area contributed by atoms with Gasteiger partial charge >= 0.3 is 0 Å². The SMILES string of the molecule is COc1cccc(C(C)=NNC(=O)c2ccc([N+](=O)[O-])cc2)c1. The second kappa shape index (κ2) is 7.17. The maximum atomic E-state index is 12.0. The van der Waals surface area contributed by atoms with Crippen LogP contribution in [0.2, 0.25) is 0 Å². The summed E-state index contributed by atoms with van der Waals surface area (Å²) in [7, 11) is 1.57. The lowest BCUT2D eigenvalue weighted by Crippen LogP contribution is -2.19. The van der Waals surface area contributed by atoms with Crippen LogP contribution in [0.1, 0.15) is 22.8 Å². The van der Waals surface area contributed by atoms with Crippen LogP contribution < -0.4 is 10.2 Å². The van der Waals surface area contributed by atoms with Gasteiger partial charge in [-0.2, -0.15) is 5.10 Å². The highest BCUT2D eigenvalue weighted by molar-refractivity contribution is 6.01. The number of hydrogen-bond donors (Lipinski definition) is 1. The fourth-order valence-electron chi connectivity index (χ4n) is 1.85. The highest BCUT2D eigenvalue weighted by atomic mass is 16.6. The molecule has 0 fully saturated rings. The number of amides is 1. The molecule has 0 saturated carbocycles. The minimum absolute atomic E-state index is 0.0717. The molecular weight excluding hydrogens is 298 g/mol. The molecule has 2 aromatic rings. The molecule has 7 heteroatoms. The number of nitrogens with zero attached hydrogens (tertiary/aromatic N) is 2. The number of nitro benzene ring substituents is 1. The van der Waals surface area contributed by atoms with Gasteiger partial charge in [0.1, 0.15) is 5.75 Å². The van der Waals surface area contributed by atoms with Crippen molar-refractivity contribution in [1.82, 2.24) is 5.43 Å². The summed E-state index contributed by atoms with van der Waals surface area (Å²) in [6.45, 7) is 1.75. The van der Waals surface area contributed by atoms with Crippen LogP contribution in [0.3, 0.4) is 0 Å². The van der Waals surface area contributed by atoms with Gasteiger partial charge in [0, 0.05) is 23.3 Å². The first-order chi connectivity index (χ1) is 11.0. The van der Waals surface area contributed by atoms with E-state index in [0.29, 0.717) is 11.5 Å². The molecule has 0 aliphatic rings. The van der Waals surface area contributed by atoms with Gasteiger partial charge in [0.05, 0.1) is 17.7 Å². The Morgan fingerprint density at radius 3 is 2.48 bits per heavy atom. The van der Waals surface area contributed by atoms with E-state index in [2.05, 4.69) is 10.5 Å². The molecule has 2 aromatic carbocycles.